The molecule has 25 heavy (non-hydrogen) atoms. The first-order chi connectivity index (χ1) is 12.1. The van der Waals surface area contributed by atoms with Gasteiger partial charge in [0.25, 0.3) is 0 Å². The van der Waals surface area contributed by atoms with Crippen molar-refractivity contribution in [2.24, 2.45) is 11.8 Å². The fourth-order valence-electron chi connectivity index (χ4n) is 3.54. The Bertz CT molecular complexity index is 587. The van der Waals surface area contributed by atoms with Crippen LogP contribution in [-0.2, 0) is 9.53 Å². The van der Waals surface area contributed by atoms with Gasteiger partial charge >= 0.3 is 6.03 Å². The molecule has 0 bridgehead atoms. The third-order valence-corrected chi connectivity index (χ3v) is 5.03. The number of amides is 3. The van der Waals surface area contributed by atoms with Crippen molar-refractivity contribution in [3.05, 3.63) is 30.3 Å². The summed E-state index contributed by atoms with van der Waals surface area (Å²) in [5.41, 5.74) is 0.929. The minimum absolute atomic E-state index is 0.0582. The van der Waals surface area contributed by atoms with Crippen LogP contribution in [0.2, 0.25) is 0 Å². The molecule has 2 aliphatic heterocycles. The van der Waals surface area contributed by atoms with Crippen molar-refractivity contribution < 1.29 is 14.3 Å². The van der Waals surface area contributed by atoms with E-state index >= 15 is 0 Å². The van der Waals surface area contributed by atoms with E-state index in [0.29, 0.717) is 25.4 Å². The second-order valence-electron chi connectivity index (χ2n) is 7.03. The summed E-state index contributed by atoms with van der Waals surface area (Å²) < 4.78 is 5.36. The Morgan fingerprint density at radius 3 is 2.68 bits per heavy atom. The van der Waals surface area contributed by atoms with E-state index < -0.39 is 0 Å². The Morgan fingerprint density at radius 2 is 1.96 bits per heavy atom. The molecule has 6 heteroatoms. The van der Waals surface area contributed by atoms with Crippen molar-refractivity contribution in [1.29, 1.82) is 0 Å². The van der Waals surface area contributed by atoms with Crippen LogP contribution in [0.4, 0.5) is 10.5 Å². The quantitative estimate of drug-likeness (QED) is 0.889. The number of hydrogen-bond donors (Lipinski definition) is 1. The second kappa shape index (κ2) is 8.34. The predicted octanol–water partition coefficient (Wildman–Crippen LogP) is 2.11. The first kappa shape index (κ1) is 17.7. The highest BCUT2D eigenvalue weighted by Crippen LogP contribution is 2.24. The average molecular weight is 345 g/mol. The van der Waals surface area contributed by atoms with Crippen molar-refractivity contribution in [3.8, 4) is 0 Å². The summed E-state index contributed by atoms with van der Waals surface area (Å²) in [6.45, 7) is 3.53. The highest BCUT2D eigenvalue weighted by atomic mass is 16.5. The monoisotopic (exact) mass is 345 g/mol. The van der Waals surface area contributed by atoms with E-state index in [4.69, 9.17) is 4.74 Å². The fraction of sp³-hybridized carbons (Fsp3) is 0.579. The molecule has 0 spiro atoms. The number of nitrogens with one attached hydrogen (secondary N) is 1. The number of anilines is 1. The third kappa shape index (κ3) is 4.72. The van der Waals surface area contributed by atoms with Gasteiger partial charge in [-0.3, -0.25) is 4.79 Å². The van der Waals surface area contributed by atoms with E-state index in [1.54, 1.807) is 4.90 Å². The molecule has 3 rings (SSSR count). The van der Waals surface area contributed by atoms with E-state index in [9.17, 15) is 9.59 Å². The van der Waals surface area contributed by atoms with Gasteiger partial charge in [0.15, 0.2) is 0 Å². The molecule has 1 aromatic carbocycles. The first-order valence-corrected chi connectivity index (χ1v) is 9.05. The van der Waals surface area contributed by atoms with Gasteiger partial charge in [-0.25, -0.2) is 4.79 Å². The van der Waals surface area contributed by atoms with Gasteiger partial charge in [0.05, 0.1) is 0 Å². The molecule has 2 saturated heterocycles. The zero-order chi connectivity index (χ0) is 17.6. The van der Waals surface area contributed by atoms with E-state index in [1.807, 2.05) is 42.3 Å². The van der Waals surface area contributed by atoms with Crippen molar-refractivity contribution in [1.82, 2.24) is 10.2 Å². The number of urea groups is 1. The summed E-state index contributed by atoms with van der Waals surface area (Å²) >= 11 is 0. The van der Waals surface area contributed by atoms with Crippen LogP contribution < -0.4 is 10.2 Å². The van der Waals surface area contributed by atoms with Crippen LogP contribution in [-0.4, -0.2) is 56.7 Å². The summed E-state index contributed by atoms with van der Waals surface area (Å²) in [5.74, 6) is 0.806. The van der Waals surface area contributed by atoms with Gasteiger partial charge in [0.2, 0.25) is 5.91 Å². The topological polar surface area (TPSA) is 61.9 Å². The molecular formula is C19H27N3O3. The van der Waals surface area contributed by atoms with E-state index in [0.717, 1.165) is 38.3 Å². The van der Waals surface area contributed by atoms with Crippen LogP contribution in [0.1, 0.15) is 19.3 Å². The highest BCUT2D eigenvalue weighted by Gasteiger charge is 2.31. The Labute approximate surface area is 149 Å². The smallest absolute Gasteiger partial charge is 0.317 e. The number of para-hydroxylation sites is 1. The number of rotatable bonds is 5. The molecule has 1 aromatic rings. The lowest BCUT2D eigenvalue weighted by Crippen LogP contribution is -2.42. The Kier molecular flexibility index (Phi) is 5.91. The molecule has 2 fully saturated rings. The molecule has 1 atom stereocenters. The minimum Gasteiger partial charge on any atom is -0.381 e. The maximum Gasteiger partial charge on any atom is 0.317 e. The van der Waals surface area contributed by atoms with Crippen LogP contribution in [0.15, 0.2) is 30.3 Å². The lowest BCUT2D eigenvalue weighted by atomic mass is 10.00. The van der Waals surface area contributed by atoms with Crippen LogP contribution >= 0.6 is 0 Å². The van der Waals surface area contributed by atoms with Gasteiger partial charge < -0.3 is 19.9 Å². The summed E-state index contributed by atoms with van der Waals surface area (Å²) in [6.07, 6.45) is 2.51. The number of carbonyl (C=O) groups is 2. The first-order valence-electron chi connectivity index (χ1n) is 9.05. The number of ether oxygens (including phenoxy) is 1. The van der Waals surface area contributed by atoms with E-state index in [-0.39, 0.29) is 17.9 Å². The minimum atomic E-state index is -0.0582. The molecule has 6 nitrogen and oxygen atoms in total. The third-order valence-electron chi connectivity index (χ3n) is 5.03. The summed E-state index contributed by atoms with van der Waals surface area (Å²) in [4.78, 5) is 28.1. The molecule has 1 N–H and O–H groups in total. The summed E-state index contributed by atoms with van der Waals surface area (Å²) in [6, 6.07) is 9.64. The molecule has 2 aliphatic rings. The molecule has 136 valence electrons. The Balaban J connectivity index is 1.44. The summed E-state index contributed by atoms with van der Waals surface area (Å²) in [7, 11) is 1.83. The van der Waals surface area contributed by atoms with Crippen LogP contribution in [0.5, 0.6) is 0 Å². The Morgan fingerprint density at radius 1 is 1.24 bits per heavy atom. The largest absolute Gasteiger partial charge is 0.381 e. The van der Waals surface area contributed by atoms with Gasteiger partial charge in [-0.15, -0.1) is 0 Å². The second-order valence-corrected chi connectivity index (χ2v) is 7.03. The molecular weight excluding hydrogens is 318 g/mol. The van der Waals surface area contributed by atoms with Crippen molar-refractivity contribution in [2.75, 3.05) is 44.8 Å². The lowest BCUT2D eigenvalue weighted by molar-refractivity contribution is -0.117. The number of nitrogens with zero attached hydrogens (tertiary/aromatic N) is 2. The SMILES string of the molecule is CN(CC1CCOCC1)C(=O)NC[C@@H]1CC(=O)N(c2ccccc2)C1. The highest BCUT2D eigenvalue weighted by molar-refractivity contribution is 5.95. The number of benzene rings is 1. The van der Waals surface area contributed by atoms with E-state index in [1.165, 1.54) is 0 Å². The molecule has 2 heterocycles. The molecule has 0 radical (unpaired) electrons. The maximum atomic E-state index is 12.3. The Hall–Kier alpha value is -2.08. The molecule has 0 aliphatic carbocycles. The van der Waals surface area contributed by atoms with Gasteiger partial charge in [-0.1, -0.05) is 18.2 Å². The van der Waals surface area contributed by atoms with E-state index in [2.05, 4.69) is 5.32 Å². The zero-order valence-electron chi connectivity index (χ0n) is 14.8. The van der Waals surface area contributed by atoms with Crippen molar-refractivity contribution >= 4 is 17.6 Å². The van der Waals surface area contributed by atoms with Crippen LogP contribution in [0.25, 0.3) is 0 Å². The lowest BCUT2D eigenvalue weighted by Gasteiger charge is -2.27. The molecule has 3 amide bonds. The van der Waals surface area contributed by atoms with Gasteiger partial charge in [-0.05, 0) is 30.9 Å². The maximum absolute atomic E-state index is 12.3. The predicted molar refractivity (Wildman–Crippen MR) is 96.5 cm³/mol. The number of hydrogen-bond acceptors (Lipinski definition) is 3. The van der Waals surface area contributed by atoms with Gasteiger partial charge in [0, 0.05) is 57.9 Å². The van der Waals surface area contributed by atoms with Gasteiger partial charge in [-0.2, -0.15) is 0 Å². The molecule has 0 aromatic heterocycles. The normalized spacial score (nSPS) is 21.4. The standard InChI is InChI=1S/C19H27N3O3/c1-21(13-15-7-9-25-10-8-15)19(24)20-12-16-11-18(23)22(14-16)17-5-3-2-4-6-17/h2-6,15-16H,7-14H2,1H3,(H,20,24)/t16-/m0/s1. The molecule has 0 saturated carbocycles. The zero-order valence-corrected chi connectivity index (χ0v) is 14.8. The van der Waals surface area contributed by atoms with Crippen LogP contribution in [0, 0.1) is 11.8 Å². The van der Waals surface area contributed by atoms with Crippen molar-refractivity contribution in [3.63, 3.8) is 0 Å². The van der Waals surface area contributed by atoms with Gasteiger partial charge in [0.1, 0.15) is 0 Å². The average Bonchev–Trinajstić information content (AvgIpc) is 3.02. The fourth-order valence-corrected chi connectivity index (χ4v) is 3.54. The van der Waals surface area contributed by atoms with Crippen LogP contribution in [0.3, 0.4) is 0 Å². The molecule has 0 unspecified atom stereocenters. The number of carbonyl (C=O) groups excluding carboxylic acids is 2. The van der Waals surface area contributed by atoms with Crippen molar-refractivity contribution in [2.45, 2.75) is 19.3 Å². The summed E-state index contributed by atoms with van der Waals surface area (Å²) in [5, 5.41) is 2.98.